The van der Waals surface area contributed by atoms with Gasteiger partial charge in [0.05, 0.1) is 11.4 Å². The zero-order valence-corrected chi connectivity index (χ0v) is 27.4. The molecule has 2 aromatic heterocycles. The van der Waals surface area contributed by atoms with Crippen molar-refractivity contribution >= 4 is 31.5 Å². The molecule has 2 nitrogen and oxygen atoms in total. The topological polar surface area (TPSA) is 25.8 Å². The summed E-state index contributed by atoms with van der Waals surface area (Å²) < 4.78 is 2.52. The van der Waals surface area contributed by atoms with Crippen LogP contribution in [0.5, 0.6) is 0 Å². The van der Waals surface area contributed by atoms with Gasteiger partial charge in [-0.2, -0.15) is 0 Å². The van der Waals surface area contributed by atoms with Crippen LogP contribution in [-0.2, 0) is 0 Å². The molecule has 0 unspecified atom stereocenters. The van der Waals surface area contributed by atoms with Gasteiger partial charge in [0.2, 0.25) is 0 Å². The Labute approximate surface area is 289 Å². The standard InChI is InChI=1S/C46H30N2S/c1-4-11-31(12-5-1)32-19-21-33(22-20-32)34-23-25-35(26-24-34)39-17-10-18-41-40-28-27-38(29-44(40)49-45(39)41)46-47-42(36-13-6-2-7-14-36)30-43(48-46)37-15-8-3-9-16-37/h1-30H. The number of rotatable bonds is 6. The van der Waals surface area contributed by atoms with Crippen molar-refractivity contribution < 1.29 is 0 Å². The Balaban J connectivity index is 1.08. The van der Waals surface area contributed by atoms with Crippen molar-refractivity contribution in [2.75, 3.05) is 0 Å². The van der Waals surface area contributed by atoms with Crippen molar-refractivity contribution in [1.29, 1.82) is 0 Å². The number of fused-ring (bicyclic) bond motifs is 3. The molecule has 2 heterocycles. The van der Waals surface area contributed by atoms with Crippen LogP contribution in [0.1, 0.15) is 0 Å². The molecule has 0 aliphatic heterocycles. The number of aromatic nitrogens is 2. The molecule has 0 atom stereocenters. The van der Waals surface area contributed by atoms with Crippen LogP contribution in [0.2, 0.25) is 0 Å². The Hall–Kier alpha value is -6.16. The highest BCUT2D eigenvalue weighted by Gasteiger charge is 2.15. The van der Waals surface area contributed by atoms with E-state index in [9.17, 15) is 0 Å². The normalized spacial score (nSPS) is 11.3. The molecule has 0 saturated carbocycles. The lowest BCUT2D eigenvalue weighted by Crippen LogP contribution is -1.95. The molecule has 0 bridgehead atoms. The van der Waals surface area contributed by atoms with Gasteiger partial charge in [0, 0.05) is 36.9 Å². The molecule has 0 fully saturated rings. The van der Waals surface area contributed by atoms with Crippen LogP contribution >= 0.6 is 11.3 Å². The number of hydrogen-bond donors (Lipinski definition) is 0. The molecule has 0 radical (unpaired) electrons. The lowest BCUT2D eigenvalue weighted by Gasteiger charge is -2.09. The average Bonchev–Trinajstić information content (AvgIpc) is 3.57. The van der Waals surface area contributed by atoms with E-state index in [0.717, 1.165) is 33.9 Å². The predicted octanol–water partition coefficient (Wildman–Crippen LogP) is 12.8. The van der Waals surface area contributed by atoms with Crippen LogP contribution in [0.3, 0.4) is 0 Å². The summed E-state index contributed by atoms with van der Waals surface area (Å²) in [6.07, 6.45) is 0. The van der Waals surface area contributed by atoms with Crippen molar-refractivity contribution in [3.63, 3.8) is 0 Å². The minimum absolute atomic E-state index is 0.729. The summed E-state index contributed by atoms with van der Waals surface area (Å²) in [5.74, 6) is 0.729. The minimum Gasteiger partial charge on any atom is -0.228 e. The van der Waals surface area contributed by atoms with Crippen LogP contribution in [0, 0.1) is 0 Å². The van der Waals surface area contributed by atoms with E-state index in [2.05, 4.69) is 170 Å². The summed E-state index contributed by atoms with van der Waals surface area (Å²) in [4.78, 5) is 10.1. The van der Waals surface area contributed by atoms with Gasteiger partial charge in [-0.3, -0.25) is 0 Å². The van der Waals surface area contributed by atoms with Gasteiger partial charge in [-0.1, -0.05) is 170 Å². The second-order valence-electron chi connectivity index (χ2n) is 12.2. The molecular weight excluding hydrogens is 613 g/mol. The molecule has 3 heteroatoms. The van der Waals surface area contributed by atoms with Gasteiger partial charge in [-0.15, -0.1) is 11.3 Å². The summed E-state index contributed by atoms with van der Waals surface area (Å²) in [5.41, 5.74) is 12.4. The highest BCUT2D eigenvalue weighted by Crippen LogP contribution is 2.42. The monoisotopic (exact) mass is 642 g/mol. The van der Waals surface area contributed by atoms with Gasteiger partial charge in [0.25, 0.3) is 0 Å². The van der Waals surface area contributed by atoms with Gasteiger partial charge < -0.3 is 0 Å². The second-order valence-corrected chi connectivity index (χ2v) is 13.3. The van der Waals surface area contributed by atoms with Crippen LogP contribution in [0.4, 0.5) is 0 Å². The highest BCUT2D eigenvalue weighted by molar-refractivity contribution is 7.26. The third-order valence-electron chi connectivity index (χ3n) is 9.14. The van der Waals surface area contributed by atoms with E-state index in [-0.39, 0.29) is 0 Å². The largest absolute Gasteiger partial charge is 0.228 e. The Morgan fingerprint density at radius 1 is 0.327 bits per heavy atom. The quantitative estimate of drug-likeness (QED) is 0.180. The fraction of sp³-hybridized carbons (Fsp3) is 0. The lowest BCUT2D eigenvalue weighted by molar-refractivity contribution is 1.18. The molecule has 49 heavy (non-hydrogen) atoms. The molecule has 0 spiro atoms. The van der Waals surface area contributed by atoms with Crippen molar-refractivity contribution in [2.45, 2.75) is 0 Å². The molecule has 9 aromatic rings. The summed E-state index contributed by atoms with van der Waals surface area (Å²) in [5, 5.41) is 2.52. The van der Waals surface area contributed by atoms with Crippen molar-refractivity contribution in [3.05, 3.63) is 182 Å². The first-order valence-electron chi connectivity index (χ1n) is 16.5. The maximum Gasteiger partial charge on any atom is 0.160 e. The first-order chi connectivity index (χ1) is 24.3. The van der Waals surface area contributed by atoms with E-state index in [0.29, 0.717) is 0 Å². The molecule has 0 aliphatic carbocycles. The van der Waals surface area contributed by atoms with Crippen LogP contribution in [-0.4, -0.2) is 9.97 Å². The van der Waals surface area contributed by atoms with E-state index in [1.54, 1.807) is 0 Å². The van der Waals surface area contributed by atoms with Gasteiger partial charge in [0.1, 0.15) is 0 Å². The Morgan fingerprint density at radius 2 is 0.796 bits per heavy atom. The van der Waals surface area contributed by atoms with Crippen LogP contribution in [0.15, 0.2) is 182 Å². The summed E-state index contributed by atoms with van der Waals surface area (Å²) in [6, 6.07) is 64.4. The Morgan fingerprint density at radius 3 is 1.35 bits per heavy atom. The molecule has 7 aromatic carbocycles. The van der Waals surface area contributed by atoms with Gasteiger partial charge in [-0.25, -0.2) is 9.97 Å². The molecule has 0 saturated heterocycles. The fourth-order valence-corrected chi connectivity index (χ4v) is 7.86. The smallest absolute Gasteiger partial charge is 0.160 e. The van der Waals surface area contributed by atoms with E-state index >= 15 is 0 Å². The van der Waals surface area contributed by atoms with Crippen molar-refractivity contribution in [1.82, 2.24) is 9.97 Å². The number of nitrogens with zero attached hydrogens (tertiary/aromatic N) is 2. The average molecular weight is 643 g/mol. The van der Waals surface area contributed by atoms with E-state index in [1.165, 1.54) is 53.6 Å². The summed E-state index contributed by atoms with van der Waals surface area (Å²) in [6.45, 7) is 0. The maximum absolute atomic E-state index is 5.07. The Kier molecular flexibility index (Phi) is 7.38. The molecular formula is C46H30N2S. The maximum atomic E-state index is 5.07. The third-order valence-corrected chi connectivity index (χ3v) is 10.3. The van der Waals surface area contributed by atoms with Crippen molar-refractivity contribution in [2.24, 2.45) is 0 Å². The number of benzene rings is 7. The molecule has 0 amide bonds. The first kappa shape index (κ1) is 29.0. The van der Waals surface area contributed by atoms with E-state index in [1.807, 2.05) is 23.5 Å². The fourth-order valence-electron chi connectivity index (χ4n) is 6.58. The molecule has 230 valence electrons. The van der Waals surface area contributed by atoms with Crippen LogP contribution in [0.25, 0.3) is 87.5 Å². The zero-order valence-electron chi connectivity index (χ0n) is 26.6. The van der Waals surface area contributed by atoms with Gasteiger partial charge in [0.15, 0.2) is 5.82 Å². The van der Waals surface area contributed by atoms with Gasteiger partial charge >= 0.3 is 0 Å². The first-order valence-corrected chi connectivity index (χ1v) is 17.3. The second kappa shape index (κ2) is 12.5. The van der Waals surface area contributed by atoms with E-state index in [4.69, 9.17) is 9.97 Å². The van der Waals surface area contributed by atoms with Crippen LogP contribution < -0.4 is 0 Å². The van der Waals surface area contributed by atoms with Crippen molar-refractivity contribution in [3.8, 4) is 67.3 Å². The summed E-state index contributed by atoms with van der Waals surface area (Å²) >= 11 is 1.84. The number of thiophene rings is 1. The predicted molar refractivity (Wildman–Crippen MR) is 208 cm³/mol. The number of hydrogen-bond acceptors (Lipinski definition) is 3. The Bertz CT molecular complexity index is 2500. The SMILES string of the molecule is c1ccc(-c2ccc(-c3ccc(-c4cccc5c4sc4cc(-c6nc(-c7ccccc7)cc(-c7ccccc7)n6)ccc45)cc3)cc2)cc1. The van der Waals surface area contributed by atoms with E-state index < -0.39 is 0 Å². The highest BCUT2D eigenvalue weighted by atomic mass is 32.1. The molecule has 9 rings (SSSR count). The molecule has 0 N–H and O–H groups in total. The summed E-state index contributed by atoms with van der Waals surface area (Å²) in [7, 11) is 0. The molecule has 0 aliphatic rings. The third kappa shape index (κ3) is 5.61. The van der Waals surface area contributed by atoms with Gasteiger partial charge in [-0.05, 0) is 45.5 Å². The lowest BCUT2D eigenvalue weighted by atomic mass is 9.97. The zero-order chi connectivity index (χ0) is 32.6. The minimum atomic E-state index is 0.729.